The molecule has 2 unspecified atom stereocenters. The van der Waals surface area contributed by atoms with E-state index in [0.29, 0.717) is 48.0 Å². The Morgan fingerprint density at radius 1 is 0.500 bits per heavy atom. The number of hydrogen-bond acceptors (Lipinski definition) is 6. The second-order valence-electron chi connectivity index (χ2n) is 12.0. The molecule has 2 heterocycles. The first kappa shape index (κ1) is 35.7. The molecule has 2 saturated heterocycles. The van der Waals surface area contributed by atoms with Crippen LogP contribution in [0, 0.1) is 0 Å². The van der Waals surface area contributed by atoms with Crippen molar-refractivity contribution in [1.82, 2.24) is 0 Å². The Labute approximate surface area is 276 Å². The minimum Gasteiger partial charge on any atom is -0.494 e. The summed E-state index contributed by atoms with van der Waals surface area (Å²) in [5.41, 5.74) is -2.95. The molecule has 2 aliphatic rings. The summed E-state index contributed by atoms with van der Waals surface area (Å²) < 4.78 is 117. The van der Waals surface area contributed by atoms with Crippen LogP contribution in [-0.2, 0) is 35.0 Å². The Kier molecular flexibility index (Phi) is 12.4. The highest BCUT2D eigenvalue weighted by Crippen LogP contribution is 2.49. The molecule has 2 fully saturated rings. The standard InChI is InChI=1S/C36H40F6O6/c37-35(38,39)33-31(47-21-25-9-13-27(14-10-25)43-19-5-1-3-7-29-23-45-29)17-18-32(34(33)36(40,41)42)48-22-26-11-15-28(16-12-26)44-20-6-2-4-8-30-24-46-30/h9-18,29-30H,1-8,19-24H2. The number of epoxide rings is 2. The monoisotopic (exact) mass is 682 g/mol. The summed E-state index contributed by atoms with van der Waals surface area (Å²) in [6.45, 7) is 1.96. The van der Waals surface area contributed by atoms with Crippen LogP contribution in [0.5, 0.6) is 23.0 Å². The molecule has 262 valence electrons. The van der Waals surface area contributed by atoms with Crippen LogP contribution in [-0.4, -0.2) is 38.6 Å². The Morgan fingerprint density at radius 2 is 0.875 bits per heavy atom. The SMILES string of the molecule is FC(F)(F)c1c(OCc2ccc(OCCCCCC3CO3)cc2)ccc(OCc2ccc(OCCCCCC3CO3)cc2)c1C(F)(F)F. The van der Waals surface area contributed by atoms with Gasteiger partial charge in [-0.05, 0) is 86.1 Å². The van der Waals surface area contributed by atoms with Crippen LogP contribution in [0.25, 0.3) is 0 Å². The predicted molar refractivity (Wildman–Crippen MR) is 165 cm³/mol. The molecule has 3 aromatic carbocycles. The van der Waals surface area contributed by atoms with Crippen LogP contribution < -0.4 is 18.9 Å². The zero-order chi connectivity index (χ0) is 34.0. The molecule has 12 heteroatoms. The molecule has 0 amide bonds. The maximum absolute atomic E-state index is 14.2. The summed E-state index contributed by atoms with van der Waals surface area (Å²) in [5.74, 6) is -0.731. The summed E-state index contributed by atoms with van der Waals surface area (Å²) in [6.07, 6.45) is -1.92. The molecule has 0 radical (unpaired) electrons. The molecular weight excluding hydrogens is 642 g/mol. The summed E-state index contributed by atoms with van der Waals surface area (Å²) in [7, 11) is 0. The fourth-order valence-corrected chi connectivity index (χ4v) is 5.20. The molecule has 2 atom stereocenters. The van der Waals surface area contributed by atoms with Crippen LogP contribution in [0.2, 0.25) is 0 Å². The maximum Gasteiger partial charge on any atom is 0.420 e. The lowest BCUT2D eigenvalue weighted by Gasteiger charge is -2.22. The molecule has 0 aliphatic carbocycles. The highest BCUT2D eigenvalue weighted by molar-refractivity contribution is 5.52. The van der Waals surface area contributed by atoms with E-state index >= 15 is 0 Å². The van der Waals surface area contributed by atoms with Crippen LogP contribution in [0.15, 0.2) is 60.7 Å². The maximum atomic E-state index is 14.2. The summed E-state index contributed by atoms with van der Waals surface area (Å²) in [5, 5.41) is 0. The zero-order valence-corrected chi connectivity index (χ0v) is 26.5. The van der Waals surface area contributed by atoms with Crippen molar-refractivity contribution in [2.45, 2.75) is 89.1 Å². The number of benzene rings is 3. The fraction of sp³-hybridized carbons (Fsp3) is 0.500. The van der Waals surface area contributed by atoms with Crippen molar-refractivity contribution < 1.29 is 54.8 Å². The lowest BCUT2D eigenvalue weighted by atomic mass is 10.0. The van der Waals surface area contributed by atoms with Crippen LogP contribution in [0.3, 0.4) is 0 Å². The van der Waals surface area contributed by atoms with E-state index in [4.69, 9.17) is 28.4 Å². The van der Waals surface area contributed by atoms with Gasteiger partial charge in [0.15, 0.2) is 0 Å². The van der Waals surface area contributed by atoms with Crippen molar-refractivity contribution in [2.75, 3.05) is 26.4 Å². The van der Waals surface area contributed by atoms with E-state index in [1.807, 2.05) is 0 Å². The Balaban J connectivity index is 1.15. The van der Waals surface area contributed by atoms with Gasteiger partial charge in [0, 0.05) is 0 Å². The van der Waals surface area contributed by atoms with Gasteiger partial charge in [0.25, 0.3) is 0 Å². The Morgan fingerprint density at radius 3 is 1.21 bits per heavy atom. The second kappa shape index (κ2) is 16.6. The minimum absolute atomic E-state index is 0.381. The number of ether oxygens (including phenoxy) is 6. The van der Waals surface area contributed by atoms with Gasteiger partial charge in [-0.25, -0.2) is 0 Å². The molecule has 2 aliphatic heterocycles. The average Bonchev–Trinajstić information content (AvgIpc) is 3.99. The van der Waals surface area contributed by atoms with Gasteiger partial charge in [-0.3, -0.25) is 0 Å². The zero-order valence-electron chi connectivity index (χ0n) is 26.5. The van der Waals surface area contributed by atoms with Crippen LogP contribution in [0.4, 0.5) is 26.3 Å². The quantitative estimate of drug-likeness (QED) is 0.0672. The lowest BCUT2D eigenvalue weighted by molar-refractivity contribution is -0.164. The van der Waals surface area contributed by atoms with Crippen molar-refractivity contribution in [2.24, 2.45) is 0 Å². The molecular formula is C36H40F6O6. The first-order valence-corrected chi connectivity index (χ1v) is 16.3. The van der Waals surface area contributed by atoms with E-state index in [-0.39, 0.29) is 13.2 Å². The second-order valence-corrected chi connectivity index (χ2v) is 12.0. The highest BCUT2D eigenvalue weighted by Gasteiger charge is 2.48. The van der Waals surface area contributed by atoms with Crippen molar-refractivity contribution in [3.05, 3.63) is 82.9 Å². The van der Waals surface area contributed by atoms with Crippen molar-refractivity contribution in [3.63, 3.8) is 0 Å². The normalized spacial score (nSPS) is 17.2. The van der Waals surface area contributed by atoms with Crippen molar-refractivity contribution in [3.8, 4) is 23.0 Å². The average molecular weight is 683 g/mol. The molecule has 5 rings (SSSR count). The number of halogens is 6. The third-order valence-electron chi connectivity index (χ3n) is 8.01. The van der Waals surface area contributed by atoms with Gasteiger partial charge < -0.3 is 28.4 Å². The summed E-state index contributed by atoms with van der Waals surface area (Å²) >= 11 is 0. The Bertz CT molecular complexity index is 1310. The Hall–Kier alpha value is -3.64. The number of unbranched alkanes of at least 4 members (excludes halogenated alkanes) is 4. The highest BCUT2D eigenvalue weighted by atomic mass is 19.4. The fourth-order valence-electron chi connectivity index (χ4n) is 5.20. The molecule has 48 heavy (non-hydrogen) atoms. The molecule has 6 nitrogen and oxygen atoms in total. The first-order chi connectivity index (χ1) is 23.1. The molecule has 3 aromatic rings. The van der Waals surface area contributed by atoms with Crippen LogP contribution in [0.1, 0.15) is 73.6 Å². The van der Waals surface area contributed by atoms with E-state index in [1.165, 1.54) is 0 Å². The van der Waals surface area contributed by atoms with E-state index in [0.717, 1.165) is 76.7 Å². The minimum atomic E-state index is -5.37. The molecule has 0 aromatic heterocycles. The number of rotatable bonds is 20. The van der Waals surface area contributed by atoms with Gasteiger partial charge >= 0.3 is 12.4 Å². The van der Waals surface area contributed by atoms with Gasteiger partial charge in [-0.2, -0.15) is 26.3 Å². The number of alkyl halides is 6. The lowest BCUT2D eigenvalue weighted by Crippen LogP contribution is -2.20. The summed E-state index contributed by atoms with van der Waals surface area (Å²) in [4.78, 5) is 0. The molecule has 0 N–H and O–H groups in total. The topological polar surface area (TPSA) is 62.0 Å². The molecule has 0 saturated carbocycles. The van der Waals surface area contributed by atoms with Crippen molar-refractivity contribution in [1.29, 1.82) is 0 Å². The van der Waals surface area contributed by atoms with Gasteiger partial charge in [0.1, 0.15) is 47.3 Å². The number of hydrogen-bond donors (Lipinski definition) is 0. The third kappa shape index (κ3) is 11.5. The smallest absolute Gasteiger partial charge is 0.420 e. The van der Waals surface area contributed by atoms with Crippen molar-refractivity contribution >= 4 is 0 Å². The van der Waals surface area contributed by atoms with E-state index < -0.39 is 35.0 Å². The van der Waals surface area contributed by atoms with E-state index in [2.05, 4.69) is 0 Å². The summed E-state index contributed by atoms with van der Waals surface area (Å²) in [6, 6.07) is 14.7. The third-order valence-corrected chi connectivity index (χ3v) is 8.01. The molecule has 0 spiro atoms. The van der Waals surface area contributed by atoms with Crippen LogP contribution >= 0.6 is 0 Å². The van der Waals surface area contributed by atoms with E-state index in [9.17, 15) is 26.3 Å². The first-order valence-electron chi connectivity index (χ1n) is 16.3. The van der Waals surface area contributed by atoms with Gasteiger partial charge in [-0.15, -0.1) is 0 Å². The van der Waals surface area contributed by atoms with Gasteiger partial charge in [0.2, 0.25) is 0 Å². The van der Waals surface area contributed by atoms with E-state index in [1.54, 1.807) is 48.5 Å². The van der Waals surface area contributed by atoms with Gasteiger partial charge in [0.05, 0.1) is 38.6 Å². The van der Waals surface area contributed by atoms with Gasteiger partial charge in [-0.1, -0.05) is 37.1 Å². The largest absolute Gasteiger partial charge is 0.494 e. The molecule has 0 bridgehead atoms. The predicted octanol–water partition coefficient (Wildman–Crippen LogP) is 9.56.